The van der Waals surface area contributed by atoms with Gasteiger partial charge in [0.1, 0.15) is 17.3 Å². The van der Waals surface area contributed by atoms with Crippen molar-refractivity contribution < 1.29 is 18.3 Å². The van der Waals surface area contributed by atoms with Crippen molar-refractivity contribution in [2.45, 2.75) is 32.4 Å². The van der Waals surface area contributed by atoms with Crippen LogP contribution in [0, 0.1) is 12.7 Å². The summed E-state index contributed by atoms with van der Waals surface area (Å²) in [5.41, 5.74) is 1.12. The maximum Gasteiger partial charge on any atom is 0.229 e. The standard InChI is InChI=1S/C18H23FN2O3/c1-12-17(11-21(2)10-14-5-4-8-23-14)20-18(24-12)15-9-13(22-3)6-7-16(15)19/h6-7,9,14H,4-5,8,10-11H2,1-3H3/t14-/m1/s1. The van der Waals surface area contributed by atoms with Crippen LogP contribution >= 0.6 is 0 Å². The Morgan fingerprint density at radius 1 is 1.42 bits per heavy atom. The molecule has 3 rings (SSSR count). The van der Waals surface area contributed by atoms with Crippen LogP contribution < -0.4 is 4.74 Å². The lowest BCUT2D eigenvalue weighted by Gasteiger charge is -2.19. The number of methoxy groups -OCH3 is 1. The van der Waals surface area contributed by atoms with Gasteiger partial charge in [-0.1, -0.05) is 0 Å². The first-order valence-electron chi connectivity index (χ1n) is 8.17. The number of likely N-dealkylation sites (N-methyl/N-ethyl adjacent to an activating group) is 1. The zero-order valence-electron chi connectivity index (χ0n) is 14.3. The molecule has 0 unspecified atom stereocenters. The van der Waals surface area contributed by atoms with E-state index in [9.17, 15) is 4.39 Å². The fourth-order valence-corrected chi connectivity index (χ4v) is 2.94. The van der Waals surface area contributed by atoms with Gasteiger partial charge in [0.15, 0.2) is 0 Å². The van der Waals surface area contributed by atoms with Crippen LogP contribution in [0.5, 0.6) is 5.75 Å². The summed E-state index contributed by atoms with van der Waals surface area (Å²) >= 11 is 0. The second kappa shape index (κ2) is 7.32. The number of nitrogens with zero attached hydrogens (tertiary/aromatic N) is 2. The number of ether oxygens (including phenoxy) is 2. The fourth-order valence-electron chi connectivity index (χ4n) is 2.94. The molecule has 1 saturated heterocycles. The summed E-state index contributed by atoms with van der Waals surface area (Å²) in [5, 5.41) is 0. The Morgan fingerprint density at radius 3 is 2.96 bits per heavy atom. The Balaban J connectivity index is 1.75. The molecule has 1 aliphatic rings. The minimum Gasteiger partial charge on any atom is -0.497 e. The lowest BCUT2D eigenvalue weighted by Crippen LogP contribution is -2.28. The first-order chi connectivity index (χ1) is 11.6. The molecule has 6 heteroatoms. The Morgan fingerprint density at radius 2 is 2.25 bits per heavy atom. The molecule has 1 aromatic carbocycles. The van der Waals surface area contributed by atoms with Crippen LogP contribution in [-0.2, 0) is 11.3 Å². The molecule has 1 aliphatic heterocycles. The SMILES string of the molecule is COc1ccc(F)c(-c2nc(CN(C)C[C@H]3CCCO3)c(C)o2)c1. The molecule has 2 aromatic rings. The average Bonchev–Trinajstić information content (AvgIpc) is 3.18. The third-order valence-electron chi connectivity index (χ3n) is 4.26. The van der Waals surface area contributed by atoms with Gasteiger partial charge in [-0.25, -0.2) is 9.37 Å². The van der Waals surface area contributed by atoms with E-state index < -0.39 is 0 Å². The maximum absolute atomic E-state index is 14.1. The molecule has 5 nitrogen and oxygen atoms in total. The second-order valence-corrected chi connectivity index (χ2v) is 6.20. The average molecular weight is 334 g/mol. The van der Waals surface area contributed by atoms with Crippen molar-refractivity contribution in [2.24, 2.45) is 0 Å². The first-order valence-corrected chi connectivity index (χ1v) is 8.17. The van der Waals surface area contributed by atoms with Crippen LogP contribution in [0.2, 0.25) is 0 Å². The van der Waals surface area contributed by atoms with E-state index in [4.69, 9.17) is 13.9 Å². The number of aryl methyl sites for hydroxylation is 1. The van der Waals surface area contributed by atoms with E-state index in [1.165, 1.54) is 6.07 Å². The van der Waals surface area contributed by atoms with Crippen molar-refractivity contribution in [1.82, 2.24) is 9.88 Å². The van der Waals surface area contributed by atoms with Crippen molar-refractivity contribution in [3.63, 3.8) is 0 Å². The highest BCUT2D eigenvalue weighted by atomic mass is 19.1. The predicted octanol–water partition coefficient (Wildman–Crippen LogP) is 3.41. The molecule has 0 spiro atoms. The molecule has 0 radical (unpaired) electrons. The van der Waals surface area contributed by atoms with Crippen molar-refractivity contribution in [1.29, 1.82) is 0 Å². The molecule has 0 N–H and O–H groups in total. The molecule has 0 bridgehead atoms. The van der Waals surface area contributed by atoms with E-state index in [1.807, 2.05) is 14.0 Å². The van der Waals surface area contributed by atoms with Crippen LogP contribution in [0.3, 0.4) is 0 Å². The van der Waals surface area contributed by atoms with Gasteiger partial charge in [0.2, 0.25) is 5.89 Å². The number of hydrogen-bond acceptors (Lipinski definition) is 5. The highest BCUT2D eigenvalue weighted by molar-refractivity contribution is 5.57. The predicted molar refractivity (Wildman–Crippen MR) is 88.5 cm³/mol. The van der Waals surface area contributed by atoms with Gasteiger partial charge in [0, 0.05) is 19.7 Å². The fraction of sp³-hybridized carbons (Fsp3) is 0.500. The quantitative estimate of drug-likeness (QED) is 0.810. The highest BCUT2D eigenvalue weighted by Gasteiger charge is 2.20. The number of hydrogen-bond donors (Lipinski definition) is 0. The molecular weight excluding hydrogens is 311 g/mol. The summed E-state index contributed by atoms with van der Waals surface area (Å²) in [5.74, 6) is 1.17. The van der Waals surface area contributed by atoms with Gasteiger partial charge in [-0.05, 0) is 45.0 Å². The molecular formula is C18H23FN2O3. The van der Waals surface area contributed by atoms with Crippen molar-refractivity contribution in [3.05, 3.63) is 35.5 Å². The summed E-state index contributed by atoms with van der Waals surface area (Å²) in [6, 6.07) is 4.53. The van der Waals surface area contributed by atoms with Crippen molar-refractivity contribution in [2.75, 3.05) is 27.3 Å². The summed E-state index contributed by atoms with van der Waals surface area (Å²) in [4.78, 5) is 6.65. The molecule has 1 atom stereocenters. The van der Waals surface area contributed by atoms with Crippen LogP contribution in [0.25, 0.3) is 11.5 Å². The largest absolute Gasteiger partial charge is 0.497 e. The molecule has 1 aromatic heterocycles. The third kappa shape index (κ3) is 3.76. The number of halogens is 1. The van der Waals surface area contributed by atoms with Crippen molar-refractivity contribution in [3.8, 4) is 17.2 Å². The van der Waals surface area contributed by atoms with Gasteiger partial charge in [-0.2, -0.15) is 0 Å². The normalized spacial score (nSPS) is 17.6. The van der Waals surface area contributed by atoms with Gasteiger partial charge >= 0.3 is 0 Å². The number of benzene rings is 1. The highest BCUT2D eigenvalue weighted by Crippen LogP contribution is 2.28. The third-order valence-corrected chi connectivity index (χ3v) is 4.26. The minimum atomic E-state index is -0.378. The molecule has 130 valence electrons. The van der Waals surface area contributed by atoms with Gasteiger partial charge in [-0.3, -0.25) is 4.90 Å². The molecule has 0 aliphatic carbocycles. The van der Waals surface area contributed by atoms with E-state index >= 15 is 0 Å². The summed E-state index contributed by atoms with van der Waals surface area (Å²) < 4.78 is 30.6. The van der Waals surface area contributed by atoms with Crippen LogP contribution in [0.4, 0.5) is 4.39 Å². The van der Waals surface area contributed by atoms with Crippen LogP contribution in [0.1, 0.15) is 24.3 Å². The van der Waals surface area contributed by atoms with Gasteiger partial charge in [0.05, 0.1) is 24.5 Å². The van der Waals surface area contributed by atoms with E-state index in [1.54, 1.807) is 19.2 Å². The zero-order valence-corrected chi connectivity index (χ0v) is 14.3. The van der Waals surface area contributed by atoms with Crippen molar-refractivity contribution >= 4 is 0 Å². The van der Waals surface area contributed by atoms with Crippen LogP contribution in [0.15, 0.2) is 22.6 Å². The summed E-state index contributed by atoms with van der Waals surface area (Å²) in [7, 11) is 3.57. The van der Waals surface area contributed by atoms with Gasteiger partial charge < -0.3 is 13.9 Å². The molecule has 0 saturated carbocycles. The number of rotatable bonds is 6. The Bertz CT molecular complexity index is 696. The summed E-state index contributed by atoms with van der Waals surface area (Å²) in [6.07, 6.45) is 2.51. The maximum atomic E-state index is 14.1. The zero-order chi connectivity index (χ0) is 17.1. The smallest absolute Gasteiger partial charge is 0.229 e. The summed E-state index contributed by atoms with van der Waals surface area (Å²) in [6.45, 7) is 4.19. The van der Waals surface area contributed by atoms with Crippen LogP contribution in [-0.4, -0.2) is 43.3 Å². The number of aromatic nitrogens is 1. The first kappa shape index (κ1) is 16.9. The second-order valence-electron chi connectivity index (χ2n) is 6.20. The Labute approximate surface area is 141 Å². The van der Waals surface area contributed by atoms with E-state index in [0.717, 1.165) is 31.7 Å². The molecule has 1 fully saturated rings. The van der Waals surface area contributed by atoms with Gasteiger partial charge in [-0.15, -0.1) is 0 Å². The Kier molecular flexibility index (Phi) is 5.16. The molecule has 2 heterocycles. The minimum absolute atomic E-state index is 0.282. The molecule has 24 heavy (non-hydrogen) atoms. The topological polar surface area (TPSA) is 47.7 Å². The lowest BCUT2D eigenvalue weighted by molar-refractivity contribution is 0.0789. The van der Waals surface area contributed by atoms with E-state index in [-0.39, 0.29) is 17.8 Å². The number of oxazole rings is 1. The van der Waals surface area contributed by atoms with Gasteiger partial charge in [0.25, 0.3) is 0 Å². The lowest BCUT2D eigenvalue weighted by atomic mass is 10.2. The molecule has 0 amide bonds. The van der Waals surface area contributed by atoms with E-state index in [0.29, 0.717) is 23.6 Å². The Hall–Kier alpha value is -1.92. The van der Waals surface area contributed by atoms with E-state index in [2.05, 4.69) is 9.88 Å². The monoisotopic (exact) mass is 334 g/mol.